The van der Waals surface area contributed by atoms with Gasteiger partial charge in [-0.15, -0.1) is 0 Å². The lowest BCUT2D eigenvalue weighted by Gasteiger charge is -2.22. The summed E-state index contributed by atoms with van der Waals surface area (Å²) in [5.74, 6) is 1.47. The predicted octanol–water partition coefficient (Wildman–Crippen LogP) is 5.06. The van der Waals surface area contributed by atoms with Gasteiger partial charge in [0.2, 0.25) is 0 Å². The molecule has 136 valence electrons. The second-order valence-electron chi connectivity index (χ2n) is 7.57. The van der Waals surface area contributed by atoms with Crippen molar-refractivity contribution in [3.63, 3.8) is 0 Å². The summed E-state index contributed by atoms with van der Waals surface area (Å²) in [6, 6.07) is 0. The van der Waals surface area contributed by atoms with E-state index in [0.29, 0.717) is 5.92 Å². The fourth-order valence-corrected chi connectivity index (χ4v) is 3.83. The highest BCUT2D eigenvalue weighted by atomic mass is 16.7. The minimum atomic E-state index is -0.0266. The van der Waals surface area contributed by atoms with E-state index in [1.165, 1.54) is 70.6 Å². The first-order chi connectivity index (χ1) is 11.3. The molecule has 2 rings (SSSR count). The van der Waals surface area contributed by atoms with Crippen molar-refractivity contribution in [3.05, 3.63) is 0 Å². The average molecular weight is 327 g/mol. The van der Waals surface area contributed by atoms with Crippen LogP contribution in [0.25, 0.3) is 0 Å². The van der Waals surface area contributed by atoms with E-state index >= 15 is 0 Å². The standard InChI is InChI=1S/C20H38O3/c1-2-19(21)18-16-17(18)12-8-6-4-3-5-7-10-14-22-20-13-9-11-15-23-20/h17-21H,2-16H2,1H3. The molecular formula is C20H38O3. The summed E-state index contributed by atoms with van der Waals surface area (Å²) < 4.78 is 11.3. The normalized spacial score (nSPS) is 28.7. The number of aliphatic hydroxyl groups is 1. The Morgan fingerprint density at radius 2 is 1.78 bits per heavy atom. The Hall–Kier alpha value is -0.120. The largest absolute Gasteiger partial charge is 0.393 e. The first kappa shape index (κ1) is 19.2. The van der Waals surface area contributed by atoms with Gasteiger partial charge in [0.25, 0.3) is 0 Å². The lowest BCUT2D eigenvalue weighted by atomic mass is 10.0. The second-order valence-corrected chi connectivity index (χ2v) is 7.57. The first-order valence-corrected chi connectivity index (χ1v) is 10.2. The summed E-state index contributed by atoms with van der Waals surface area (Å²) >= 11 is 0. The van der Waals surface area contributed by atoms with Crippen molar-refractivity contribution in [2.75, 3.05) is 13.2 Å². The minimum absolute atomic E-state index is 0.0266. The van der Waals surface area contributed by atoms with Crippen molar-refractivity contribution in [2.24, 2.45) is 11.8 Å². The van der Waals surface area contributed by atoms with Crippen LogP contribution in [0.4, 0.5) is 0 Å². The Morgan fingerprint density at radius 1 is 1.04 bits per heavy atom. The number of hydrogen-bond donors (Lipinski definition) is 1. The molecule has 23 heavy (non-hydrogen) atoms. The molecule has 0 aromatic carbocycles. The van der Waals surface area contributed by atoms with Crippen molar-refractivity contribution in [1.29, 1.82) is 0 Å². The Balaban J connectivity index is 1.29. The average Bonchev–Trinajstić information content (AvgIpc) is 3.36. The highest BCUT2D eigenvalue weighted by molar-refractivity contribution is 4.90. The molecule has 0 aromatic rings. The van der Waals surface area contributed by atoms with E-state index in [9.17, 15) is 5.11 Å². The Bertz CT molecular complexity index is 289. The molecule has 1 aliphatic carbocycles. The molecule has 2 fully saturated rings. The van der Waals surface area contributed by atoms with Gasteiger partial charge < -0.3 is 14.6 Å². The first-order valence-electron chi connectivity index (χ1n) is 10.2. The zero-order chi connectivity index (χ0) is 16.3. The van der Waals surface area contributed by atoms with Crippen molar-refractivity contribution in [2.45, 2.75) is 103 Å². The topological polar surface area (TPSA) is 38.7 Å². The molecule has 3 heteroatoms. The zero-order valence-corrected chi connectivity index (χ0v) is 15.2. The van der Waals surface area contributed by atoms with Crippen LogP contribution in [-0.4, -0.2) is 30.7 Å². The van der Waals surface area contributed by atoms with Gasteiger partial charge in [-0.05, 0) is 50.4 Å². The minimum Gasteiger partial charge on any atom is -0.393 e. The van der Waals surface area contributed by atoms with Gasteiger partial charge in [-0.2, -0.15) is 0 Å². The van der Waals surface area contributed by atoms with Crippen molar-refractivity contribution < 1.29 is 14.6 Å². The highest BCUT2D eigenvalue weighted by Crippen LogP contribution is 2.45. The Morgan fingerprint density at radius 3 is 2.48 bits per heavy atom. The van der Waals surface area contributed by atoms with Gasteiger partial charge in [-0.3, -0.25) is 0 Å². The fraction of sp³-hybridized carbons (Fsp3) is 1.00. The molecule has 0 spiro atoms. The van der Waals surface area contributed by atoms with Gasteiger partial charge in [-0.1, -0.05) is 51.9 Å². The van der Waals surface area contributed by atoms with Crippen LogP contribution in [-0.2, 0) is 9.47 Å². The van der Waals surface area contributed by atoms with E-state index in [1.54, 1.807) is 0 Å². The van der Waals surface area contributed by atoms with Gasteiger partial charge in [-0.25, -0.2) is 0 Å². The fourth-order valence-electron chi connectivity index (χ4n) is 3.83. The number of ether oxygens (including phenoxy) is 2. The number of unbranched alkanes of at least 4 members (excludes halogenated alkanes) is 6. The maximum Gasteiger partial charge on any atom is 0.157 e. The van der Waals surface area contributed by atoms with Gasteiger partial charge in [0.05, 0.1) is 6.10 Å². The van der Waals surface area contributed by atoms with Crippen LogP contribution in [0, 0.1) is 11.8 Å². The molecule has 0 bridgehead atoms. The van der Waals surface area contributed by atoms with Crippen molar-refractivity contribution in [3.8, 4) is 0 Å². The third-order valence-electron chi connectivity index (χ3n) is 5.55. The summed E-state index contributed by atoms with van der Waals surface area (Å²) in [5, 5.41) is 9.78. The van der Waals surface area contributed by atoms with E-state index in [-0.39, 0.29) is 12.4 Å². The van der Waals surface area contributed by atoms with E-state index in [4.69, 9.17) is 9.47 Å². The lowest BCUT2D eigenvalue weighted by Crippen LogP contribution is -2.22. The maximum atomic E-state index is 9.78. The summed E-state index contributed by atoms with van der Waals surface area (Å²) in [5.41, 5.74) is 0. The molecule has 0 aromatic heterocycles. The van der Waals surface area contributed by atoms with E-state index < -0.39 is 0 Å². The molecule has 1 aliphatic heterocycles. The molecule has 2 aliphatic rings. The smallest absolute Gasteiger partial charge is 0.157 e. The number of aliphatic hydroxyl groups excluding tert-OH is 1. The van der Waals surface area contributed by atoms with E-state index in [0.717, 1.165) is 32.0 Å². The van der Waals surface area contributed by atoms with Gasteiger partial charge >= 0.3 is 0 Å². The molecule has 1 saturated heterocycles. The monoisotopic (exact) mass is 326 g/mol. The molecule has 1 heterocycles. The zero-order valence-electron chi connectivity index (χ0n) is 15.2. The van der Waals surface area contributed by atoms with Crippen molar-refractivity contribution >= 4 is 0 Å². The predicted molar refractivity (Wildman–Crippen MR) is 94.4 cm³/mol. The SMILES string of the molecule is CCC(O)C1CC1CCCCCCCCCOC1CCCCO1. The number of rotatable bonds is 13. The number of hydrogen-bond acceptors (Lipinski definition) is 3. The van der Waals surface area contributed by atoms with Crippen molar-refractivity contribution in [1.82, 2.24) is 0 Å². The van der Waals surface area contributed by atoms with Crippen LogP contribution < -0.4 is 0 Å². The van der Waals surface area contributed by atoms with Crippen LogP contribution >= 0.6 is 0 Å². The Labute approximate surface area is 143 Å². The highest BCUT2D eigenvalue weighted by Gasteiger charge is 2.40. The van der Waals surface area contributed by atoms with E-state index in [1.807, 2.05) is 0 Å². The van der Waals surface area contributed by atoms with Crippen LogP contribution in [0.2, 0.25) is 0 Å². The molecule has 4 atom stereocenters. The second kappa shape index (κ2) is 11.4. The third kappa shape index (κ3) is 8.00. The van der Waals surface area contributed by atoms with Gasteiger partial charge in [0, 0.05) is 13.2 Å². The lowest BCUT2D eigenvalue weighted by molar-refractivity contribution is -0.162. The van der Waals surface area contributed by atoms with Crippen LogP contribution in [0.1, 0.15) is 90.4 Å². The molecule has 1 saturated carbocycles. The molecule has 1 N–H and O–H groups in total. The van der Waals surface area contributed by atoms with Crippen LogP contribution in [0.3, 0.4) is 0 Å². The third-order valence-corrected chi connectivity index (χ3v) is 5.55. The maximum absolute atomic E-state index is 9.78. The van der Waals surface area contributed by atoms with Crippen LogP contribution in [0.5, 0.6) is 0 Å². The van der Waals surface area contributed by atoms with Gasteiger partial charge in [0.1, 0.15) is 0 Å². The Kier molecular flexibility index (Phi) is 9.55. The van der Waals surface area contributed by atoms with Gasteiger partial charge in [0.15, 0.2) is 6.29 Å². The quantitative estimate of drug-likeness (QED) is 0.481. The molecule has 0 amide bonds. The molecule has 4 unspecified atom stereocenters. The summed E-state index contributed by atoms with van der Waals surface area (Å²) in [4.78, 5) is 0. The summed E-state index contributed by atoms with van der Waals surface area (Å²) in [7, 11) is 0. The van der Waals surface area contributed by atoms with Crippen LogP contribution in [0.15, 0.2) is 0 Å². The molecule has 3 nitrogen and oxygen atoms in total. The summed E-state index contributed by atoms with van der Waals surface area (Å²) in [6.45, 7) is 3.84. The summed E-state index contributed by atoms with van der Waals surface area (Å²) in [6.07, 6.45) is 16.4. The molecule has 0 radical (unpaired) electrons. The molecular weight excluding hydrogens is 288 g/mol. The van der Waals surface area contributed by atoms with E-state index in [2.05, 4.69) is 6.92 Å².